The van der Waals surface area contributed by atoms with E-state index in [4.69, 9.17) is 11.6 Å². The Bertz CT molecular complexity index is 679. The van der Waals surface area contributed by atoms with Crippen LogP contribution in [0.15, 0.2) is 54.6 Å². The maximum Gasteiger partial charge on any atom is 0.0406 e. The second-order valence-corrected chi connectivity index (χ2v) is 6.85. The molecule has 3 atom stereocenters. The van der Waals surface area contributed by atoms with Crippen molar-refractivity contribution in [3.05, 3.63) is 65.2 Å². The largest absolute Gasteiger partial charge is 0.0843 e. The Morgan fingerprint density at radius 2 is 1.38 bits per heavy atom. The van der Waals surface area contributed by atoms with E-state index >= 15 is 0 Å². The molecular formula is C20H19Cl. The van der Waals surface area contributed by atoms with Crippen LogP contribution in [0.25, 0.3) is 16.7 Å². The van der Waals surface area contributed by atoms with Gasteiger partial charge in [-0.3, -0.25) is 0 Å². The molecule has 4 rings (SSSR count). The Hall–Kier alpha value is -1.53. The second kappa shape index (κ2) is 5.03. The molecule has 0 nitrogen and oxygen atoms in total. The van der Waals surface area contributed by atoms with Gasteiger partial charge in [0.1, 0.15) is 0 Å². The van der Waals surface area contributed by atoms with E-state index in [2.05, 4.69) is 49.4 Å². The average molecular weight is 295 g/mol. The van der Waals surface area contributed by atoms with Gasteiger partial charge in [-0.15, -0.1) is 0 Å². The Morgan fingerprint density at radius 1 is 0.810 bits per heavy atom. The first-order valence-corrected chi connectivity index (χ1v) is 8.18. The summed E-state index contributed by atoms with van der Waals surface area (Å²) < 4.78 is 0. The first-order chi connectivity index (χ1) is 10.2. The molecule has 2 aromatic rings. The zero-order chi connectivity index (χ0) is 14.4. The van der Waals surface area contributed by atoms with Crippen molar-refractivity contribution in [2.75, 3.05) is 0 Å². The number of fused-ring (bicyclic) bond motifs is 2. The minimum atomic E-state index is 0.788. The summed E-state index contributed by atoms with van der Waals surface area (Å²) in [5, 5.41) is 0.788. The van der Waals surface area contributed by atoms with Gasteiger partial charge < -0.3 is 0 Å². The Labute approximate surface area is 131 Å². The quantitative estimate of drug-likeness (QED) is 0.631. The monoisotopic (exact) mass is 294 g/mol. The van der Waals surface area contributed by atoms with Gasteiger partial charge >= 0.3 is 0 Å². The Morgan fingerprint density at radius 3 is 1.90 bits per heavy atom. The zero-order valence-corrected chi connectivity index (χ0v) is 13.0. The number of rotatable bonds is 2. The van der Waals surface area contributed by atoms with Crippen LogP contribution in [0, 0.1) is 17.8 Å². The highest BCUT2D eigenvalue weighted by molar-refractivity contribution is 6.30. The van der Waals surface area contributed by atoms with Crippen molar-refractivity contribution >= 4 is 17.2 Å². The fourth-order valence-corrected chi connectivity index (χ4v) is 4.16. The van der Waals surface area contributed by atoms with Crippen molar-refractivity contribution in [3.63, 3.8) is 0 Å². The lowest BCUT2D eigenvalue weighted by atomic mass is 9.89. The van der Waals surface area contributed by atoms with Crippen molar-refractivity contribution in [3.8, 4) is 11.1 Å². The minimum absolute atomic E-state index is 0.788. The van der Waals surface area contributed by atoms with Gasteiger partial charge in [0.15, 0.2) is 0 Å². The van der Waals surface area contributed by atoms with Gasteiger partial charge in [-0.25, -0.2) is 0 Å². The van der Waals surface area contributed by atoms with Gasteiger partial charge in [-0.05, 0) is 65.0 Å². The highest BCUT2D eigenvalue weighted by Gasteiger charge is 2.39. The van der Waals surface area contributed by atoms with Crippen LogP contribution < -0.4 is 0 Å². The second-order valence-electron chi connectivity index (χ2n) is 6.41. The lowest BCUT2D eigenvalue weighted by Gasteiger charge is -2.16. The molecule has 0 saturated heterocycles. The SMILES string of the molecule is C[C@H]1C2C=C(c3ccc(-c4ccc(Cl)cc4)cc3)C1CC2. The van der Waals surface area contributed by atoms with Crippen LogP contribution in [0.3, 0.4) is 0 Å². The maximum absolute atomic E-state index is 5.95. The van der Waals surface area contributed by atoms with Crippen LogP contribution in [0.5, 0.6) is 0 Å². The molecule has 2 aliphatic rings. The fraction of sp³-hybridized carbons (Fsp3) is 0.300. The number of halogens is 1. The van der Waals surface area contributed by atoms with Gasteiger partial charge in [0.05, 0.1) is 0 Å². The molecule has 2 aromatic carbocycles. The molecule has 2 bridgehead atoms. The van der Waals surface area contributed by atoms with Crippen LogP contribution in [-0.4, -0.2) is 0 Å². The zero-order valence-electron chi connectivity index (χ0n) is 12.2. The van der Waals surface area contributed by atoms with E-state index in [1.165, 1.54) is 29.5 Å². The molecule has 1 saturated carbocycles. The first-order valence-electron chi connectivity index (χ1n) is 7.80. The summed E-state index contributed by atoms with van der Waals surface area (Å²) >= 11 is 5.95. The van der Waals surface area contributed by atoms with Crippen molar-refractivity contribution in [1.82, 2.24) is 0 Å². The summed E-state index contributed by atoms with van der Waals surface area (Å²) in [5.74, 6) is 2.45. The molecule has 1 fully saturated rings. The molecule has 0 N–H and O–H groups in total. The molecule has 21 heavy (non-hydrogen) atoms. The maximum atomic E-state index is 5.95. The molecule has 0 aliphatic heterocycles. The fourth-order valence-electron chi connectivity index (χ4n) is 4.03. The number of hydrogen-bond donors (Lipinski definition) is 0. The summed E-state index contributed by atoms with van der Waals surface area (Å²) in [6.07, 6.45) is 5.28. The predicted molar refractivity (Wildman–Crippen MR) is 90.2 cm³/mol. The third-order valence-corrected chi connectivity index (χ3v) is 5.56. The number of benzene rings is 2. The van der Waals surface area contributed by atoms with E-state index in [0.29, 0.717) is 0 Å². The molecule has 0 aromatic heterocycles. The van der Waals surface area contributed by atoms with Crippen molar-refractivity contribution in [2.24, 2.45) is 17.8 Å². The van der Waals surface area contributed by atoms with E-state index in [9.17, 15) is 0 Å². The van der Waals surface area contributed by atoms with Gasteiger partial charge in [-0.2, -0.15) is 0 Å². The van der Waals surface area contributed by atoms with Gasteiger partial charge in [-0.1, -0.05) is 61.0 Å². The summed E-state index contributed by atoms with van der Waals surface area (Å²) in [5.41, 5.74) is 5.47. The topological polar surface area (TPSA) is 0 Å². The molecule has 106 valence electrons. The van der Waals surface area contributed by atoms with Crippen LogP contribution in [0.1, 0.15) is 25.3 Å². The van der Waals surface area contributed by atoms with E-state index in [1.54, 1.807) is 5.57 Å². The molecule has 0 heterocycles. The lowest BCUT2D eigenvalue weighted by Crippen LogP contribution is -2.03. The van der Waals surface area contributed by atoms with Gasteiger partial charge in [0, 0.05) is 5.02 Å². The van der Waals surface area contributed by atoms with E-state index in [-0.39, 0.29) is 0 Å². The van der Waals surface area contributed by atoms with E-state index < -0.39 is 0 Å². The normalized spacial score (nSPS) is 27.0. The third kappa shape index (κ3) is 2.22. The average Bonchev–Trinajstić information content (AvgIpc) is 3.03. The van der Waals surface area contributed by atoms with Crippen molar-refractivity contribution in [2.45, 2.75) is 19.8 Å². The molecule has 1 heteroatoms. The minimum Gasteiger partial charge on any atom is -0.0843 e. The van der Waals surface area contributed by atoms with Crippen molar-refractivity contribution < 1.29 is 0 Å². The van der Waals surface area contributed by atoms with Crippen LogP contribution in [0.4, 0.5) is 0 Å². The van der Waals surface area contributed by atoms with Crippen molar-refractivity contribution in [1.29, 1.82) is 0 Å². The van der Waals surface area contributed by atoms with Gasteiger partial charge in [0.2, 0.25) is 0 Å². The molecule has 0 amide bonds. The number of hydrogen-bond acceptors (Lipinski definition) is 0. The molecule has 0 radical (unpaired) electrons. The third-order valence-electron chi connectivity index (χ3n) is 5.31. The van der Waals surface area contributed by atoms with E-state index in [0.717, 1.165) is 22.8 Å². The van der Waals surface area contributed by atoms with Gasteiger partial charge in [0.25, 0.3) is 0 Å². The highest BCUT2D eigenvalue weighted by Crippen LogP contribution is 2.51. The molecule has 2 unspecified atom stereocenters. The summed E-state index contributed by atoms with van der Waals surface area (Å²) in [6, 6.07) is 17.1. The standard InChI is InChI=1S/C20H19Cl/c1-13-17-8-11-19(13)20(12-17)16-4-2-14(3-5-16)15-6-9-18(21)10-7-15/h2-7,9-10,12-13,17,19H,8,11H2,1H3/t13-,17?,19?/m0/s1. The Balaban J connectivity index is 1.63. The first kappa shape index (κ1) is 13.2. The highest BCUT2D eigenvalue weighted by atomic mass is 35.5. The molecule has 0 spiro atoms. The van der Waals surface area contributed by atoms with Crippen LogP contribution in [-0.2, 0) is 0 Å². The van der Waals surface area contributed by atoms with E-state index in [1.807, 2.05) is 12.1 Å². The van der Waals surface area contributed by atoms with Crippen LogP contribution in [0.2, 0.25) is 5.02 Å². The smallest absolute Gasteiger partial charge is 0.0406 e. The summed E-state index contributed by atoms with van der Waals surface area (Å²) in [4.78, 5) is 0. The molecular weight excluding hydrogens is 276 g/mol. The summed E-state index contributed by atoms with van der Waals surface area (Å²) in [7, 11) is 0. The Kier molecular flexibility index (Phi) is 3.15. The van der Waals surface area contributed by atoms with Crippen LogP contribution >= 0.6 is 11.6 Å². The summed E-state index contributed by atoms with van der Waals surface area (Å²) in [6.45, 7) is 2.41. The predicted octanol–water partition coefficient (Wildman–Crippen LogP) is 6.07. The molecule has 2 aliphatic carbocycles. The lowest BCUT2D eigenvalue weighted by molar-refractivity contribution is 0.479. The number of allylic oxidation sites excluding steroid dienone is 2.